The number of pyridine rings is 1. The lowest BCUT2D eigenvalue weighted by Gasteiger charge is -2.05. The van der Waals surface area contributed by atoms with Gasteiger partial charge in [0.1, 0.15) is 0 Å². The third-order valence-electron chi connectivity index (χ3n) is 2.26. The number of ether oxygens (including phenoxy) is 1. The summed E-state index contributed by atoms with van der Waals surface area (Å²) in [5.74, 6) is -0.123. The van der Waals surface area contributed by atoms with Crippen LogP contribution in [-0.2, 0) is 11.2 Å². The van der Waals surface area contributed by atoms with Crippen molar-refractivity contribution in [1.29, 1.82) is 0 Å². The normalized spacial score (nSPS) is 10.2. The van der Waals surface area contributed by atoms with E-state index in [1.807, 2.05) is 0 Å². The smallest absolute Gasteiger partial charge is 0.251 e. The van der Waals surface area contributed by atoms with E-state index in [9.17, 15) is 4.79 Å². The van der Waals surface area contributed by atoms with Gasteiger partial charge in [0.15, 0.2) is 0 Å². The Morgan fingerprint density at radius 2 is 2.41 bits per heavy atom. The number of hydrogen-bond donors (Lipinski definition) is 2. The van der Waals surface area contributed by atoms with Gasteiger partial charge in [0.05, 0.1) is 0 Å². The Kier molecular flexibility index (Phi) is 6.21. The molecule has 1 aromatic heterocycles. The van der Waals surface area contributed by atoms with E-state index in [4.69, 9.17) is 9.84 Å². The van der Waals surface area contributed by atoms with Gasteiger partial charge in [-0.1, -0.05) is 0 Å². The summed E-state index contributed by atoms with van der Waals surface area (Å²) in [6.45, 7) is 1.25. The number of aliphatic hydroxyl groups excluding tert-OH is 1. The fourth-order valence-corrected chi connectivity index (χ4v) is 1.39. The molecule has 0 saturated heterocycles. The van der Waals surface area contributed by atoms with E-state index < -0.39 is 0 Å². The van der Waals surface area contributed by atoms with Crippen LogP contribution in [0.5, 0.6) is 0 Å². The van der Waals surface area contributed by atoms with Crippen molar-refractivity contribution in [3.8, 4) is 0 Å². The van der Waals surface area contributed by atoms with E-state index in [0.717, 1.165) is 12.1 Å². The minimum atomic E-state index is -0.123. The molecule has 5 heteroatoms. The summed E-state index contributed by atoms with van der Waals surface area (Å²) in [5, 5.41) is 11.6. The monoisotopic (exact) mass is 238 g/mol. The molecule has 0 spiro atoms. The first-order valence-electron chi connectivity index (χ1n) is 5.61. The second kappa shape index (κ2) is 7.76. The molecule has 0 radical (unpaired) electrons. The van der Waals surface area contributed by atoms with Gasteiger partial charge in [0.2, 0.25) is 0 Å². The molecular formula is C12H18N2O3. The number of rotatable bonds is 7. The molecule has 1 aromatic rings. The lowest BCUT2D eigenvalue weighted by atomic mass is 10.2. The maximum Gasteiger partial charge on any atom is 0.251 e. The molecule has 94 valence electrons. The highest BCUT2D eigenvalue weighted by Crippen LogP contribution is 2.02. The molecule has 0 bridgehead atoms. The van der Waals surface area contributed by atoms with Crippen molar-refractivity contribution in [3.63, 3.8) is 0 Å². The van der Waals surface area contributed by atoms with Gasteiger partial charge in [-0.25, -0.2) is 0 Å². The second-order valence-electron chi connectivity index (χ2n) is 3.61. The minimum absolute atomic E-state index is 0.0336. The molecule has 0 aliphatic carbocycles. The molecule has 1 amide bonds. The fourth-order valence-electron chi connectivity index (χ4n) is 1.39. The van der Waals surface area contributed by atoms with E-state index in [1.165, 1.54) is 0 Å². The van der Waals surface area contributed by atoms with Crippen LogP contribution in [0.4, 0.5) is 0 Å². The first-order valence-corrected chi connectivity index (χ1v) is 5.61. The molecule has 0 aliphatic heterocycles. The Hall–Kier alpha value is -1.46. The van der Waals surface area contributed by atoms with Gasteiger partial charge in [-0.15, -0.1) is 0 Å². The molecule has 5 nitrogen and oxygen atoms in total. The van der Waals surface area contributed by atoms with E-state index in [-0.39, 0.29) is 12.5 Å². The van der Waals surface area contributed by atoms with Crippen LogP contribution in [-0.4, -0.2) is 42.9 Å². The highest BCUT2D eigenvalue weighted by Gasteiger charge is 2.05. The van der Waals surface area contributed by atoms with Gasteiger partial charge >= 0.3 is 0 Å². The molecule has 0 atom stereocenters. The van der Waals surface area contributed by atoms with Crippen molar-refractivity contribution >= 4 is 5.91 Å². The Balaban J connectivity index is 2.47. The van der Waals surface area contributed by atoms with E-state index in [2.05, 4.69) is 10.3 Å². The number of nitrogens with one attached hydrogen (secondary N) is 1. The number of hydrogen-bond acceptors (Lipinski definition) is 4. The van der Waals surface area contributed by atoms with Crippen molar-refractivity contribution < 1.29 is 14.6 Å². The lowest BCUT2D eigenvalue weighted by molar-refractivity contribution is 0.0948. The van der Waals surface area contributed by atoms with Gasteiger partial charge < -0.3 is 15.2 Å². The number of aromatic nitrogens is 1. The first kappa shape index (κ1) is 13.6. The Bertz CT molecular complexity index is 355. The predicted octanol–water partition coefficient (Wildman–Crippen LogP) is 0.383. The molecule has 0 fully saturated rings. The quantitative estimate of drug-likeness (QED) is 0.674. The highest BCUT2D eigenvalue weighted by molar-refractivity contribution is 5.94. The number of methoxy groups -OCH3 is 1. The Labute approximate surface area is 101 Å². The highest BCUT2D eigenvalue weighted by atomic mass is 16.5. The van der Waals surface area contributed by atoms with Crippen molar-refractivity contribution in [2.75, 3.05) is 26.9 Å². The zero-order valence-corrected chi connectivity index (χ0v) is 9.98. The molecule has 1 heterocycles. The standard InChI is InChI=1S/C12H18N2O3/c1-17-8-2-5-14-12(16)10-3-6-13-11(9-10)4-7-15/h3,6,9,15H,2,4-5,7-8H2,1H3,(H,14,16). The summed E-state index contributed by atoms with van der Waals surface area (Å²) in [7, 11) is 1.63. The average Bonchev–Trinajstić information content (AvgIpc) is 2.35. The topological polar surface area (TPSA) is 71.5 Å². The number of carbonyl (C=O) groups excluding carboxylic acids is 1. The molecule has 2 N–H and O–H groups in total. The lowest BCUT2D eigenvalue weighted by Crippen LogP contribution is -2.25. The molecule has 17 heavy (non-hydrogen) atoms. The number of nitrogens with zero attached hydrogens (tertiary/aromatic N) is 1. The summed E-state index contributed by atoms with van der Waals surface area (Å²) in [4.78, 5) is 15.8. The summed E-state index contributed by atoms with van der Waals surface area (Å²) in [6.07, 6.45) is 2.83. The van der Waals surface area contributed by atoms with Crippen LogP contribution in [0.15, 0.2) is 18.3 Å². The van der Waals surface area contributed by atoms with Gasteiger partial charge in [-0.05, 0) is 18.6 Å². The van der Waals surface area contributed by atoms with Crippen LogP contribution >= 0.6 is 0 Å². The van der Waals surface area contributed by atoms with E-state index in [1.54, 1.807) is 25.4 Å². The minimum Gasteiger partial charge on any atom is -0.396 e. The van der Waals surface area contributed by atoms with Crippen LogP contribution in [0, 0.1) is 0 Å². The van der Waals surface area contributed by atoms with E-state index in [0.29, 0.717) is 25.1 Å². The SMILES string of the molecule is COCCCNC(=O)c1ccnc(CCO)c1. The van der Waals surface area contributed by atoms with Gasteiger partial charge in [-0.3, -0.25) is 9.78 Å². The van der Waals surface area contributed by atoms with Crippen LogP contribution in [0.25, 0.3) is 0 Å². The molecule has 0 saturated carbocycles. The van der Waals surface area contributed by atoms with Crippen LogP contribution in [0.3, 0.4) is 0 Å². The van der Waals surface area contributed by atoms with Crippen molar-refractivity contribution in [2.45, 2.75) is 12.8 Å². The number of aliphatic hydroxyl groups is 1. The molecular weight excluding hydrogens is 220 g/mol. The predicted molar refractivity (Wildman–Crippen MR) is 63.9 cm³/mol. The van der Waals surface area contributed by atoms with Crippen LogP contribution in [0.1, 0.15) is 22.5 Å². The summed E-state index contributed by atoms with van der Waals surface area (Å²) in [6, 6.07) is 3.36. The van der Waals surface area contributed by atoms with Gasteiger partial charge in [0.25, 0.3) is 5.91 Å². The maximum atomic E-state index is 11.7. The molecule has 0 aromatic carbocycles. The Morgan fingerprint density at radius 3 is 3.12 bits per heavy atom. The number of amides is 1. The van der Waals surface area contributed by atoms with Gasteiger partial charge in [-0.2, -0.15) is 0 Å². The molecule has 1 rings (SSSR count). The van der Waals surface area contributed by atoms with Crippen LogP contribution in [0.2, 0.25) is 0 Å². The van der Waals surface area contributed by atoms with Crippen LogP contribution < -0.4 is 5.32 Å². The van der Waals surface area contributed by atoms with Crippen molar-refractivity contribution in [1.82, 2.24) is 10.3 Å². The van der Waals surface area contributed by atoms with Crippen molar-refractivity contribution in [3.05, 3.63) is 29.6 Å². The average molecular weight is 238 g/mol. The zero-order valence-electron chi connectivity index (χ0n) is 9.98. The second-order valence-corrected chi connectivity index (χ2v) is 3.61. The van der Waals surface area contributed by atoms with Gasteiger partial charge in [0, 0.05) is 50.7 Å². The molecule has 0 unspecified atom stereocenters. The molecule has 0 aliphatic rings. The van der Waals surface area contributed by atoms with Crippen molar-refractivity contribution in [2.24, 2.45) is 0 Å². The number of carbonyl (C=O) groups is 1. The summed E-state index contributed by atoms with van der Waals surface area (Å²) < 4.78 is 4.89. The Morgan fingerprint density at radius 1 is 1.59 bits per heavy atom. The largest absolute Gasteiger partial charge is 0.396 e. The third-order valence-corrected chi connectivity index (χ3v) is 2.26. The third kappa shape index (κ3) is 4.93. The van der Waals surface area contributed by atoms with E-state index >= 15 is 0 Å². The fraction of sp³-hybridized carbons (Fsp3) is 0.500. The maximum absolute atomic E-state index is 11.7. The zero-order chi connectivity index (χ0) is 12.5. The first-order chi connectivity index (χ1) is 8.27. The summed E-state index contributed by atoms with van der Waals surface area (Å²) >= 11 is 0. The summed E-state index contributed by atoms with van der Waals surface area (Å²) in [5.41, 5.74) is 1.29.